The molecule has 23 heavy (non-hydrogen) atoms. The number of aliphatic carboxylic acids is 1. The van der Waals surface area contributed by atoms with E-state index >= 15 is 0 Å². The summed E-state index contributed by atoms with van der Waals surface area (Å²) in [6.45, 7) is 3.17. The summed E-state index contributed by atoms with van der Waals surface area (Å²) >= 11 is 0. The van der Waals surface area contributed by atoms with Crippen LogP contribution in [0.3, 0.4) is 0 Å². The van der Waals surface area contributed by atoms with Crippen LogP contribution in [-0.2, 0) is 14.4 Å². The molecule has 0 aliphatic carbocycles. The van der Waals surface area contributed by atoms with Crippen LogP contribution in [0.1, 0.15) is 25.8 Å². The number of carbonyl (C=O) groups excluding carboxylic acids is 2. The summed E-state index contributed by atoms with van der Waals surface area (Å²) in [6, 6.07) is 6.47. The van der Waals surface area contributed by atoms with E-state index in [0.29, 0.717) is 17.7 Å². The number of carboxylic acid groups (broad SMARTS) is 1. The third-order valence-electron chi connectivity index (χ3n) is 2.84. The number of carbonyl (C=O) groups is 3. The van der Waals surface area contributed by atoms with E-state index in [-0.39, 0.29) is 6.04 Å². The summed E-state index contributed by atoms with van der Waals surface area (Å²) in [4.78, 5) is 33.6. The third-order valence-corrected chi connectivity index (χ3v) is 2.84. The zero-order chi connectivity index (χ0) is 17.2. The van der Waals surface area contributed by atoms with Crippen LogP contribution >= 0.6 is 0 Å². The maximum absolute atomic E-state index is 11.5. The maximum Gasteiger partial charge on any atom is 0.341 e. The van der Waals surface area contributed by atoms with E-state index in [1.165, 1.54) is 6.21 Å². The van der Waals surface area contributed by atoms with Crippen molar-refractivity contribution >= 4 is 24.0 Å². The van der Waals surface area contributed by atoms with E-state index in [1.54, 1.807) is 31.2 Å². The SMILES string of the molecule is CC[C@H](C)NC(=O)C(=O)N/N=C\c1ccccc1OCC(=O)O. The minimum Gasteiger partial charge on any atom is -0.481 e. The van der Waals surface area contributed by atoms with Crippen molar-refractivity contribution in [3.63, 3.8) is 0 Å². The standard InChI is InChI=1S/C15H19N3O5/c1-3-10(2)17-14(21)15(22)18-16-8-11-6-4-5-7-12(11)23-9-13(19)20/h4-8,10H,3,9H2,1-2H3,(H,17,21)(H,18,22)(H,19,20)/b16-8-/t10-/m0/s1. The van der Waals surface area contributed by atoms with Crippen molar-refractivity contribution in [2.45, 2.75) is 26.3 Å². The first kappa shape index (κ1) is 18.1. The Morgan fingerprint density at radius 3 is 2.65 bits per heavy atom. The zero-order valence-corrected chi connectivity index (χ0v) is 12.9. The molecule has 0 aliphatic rings. The van der Waals surface area contributed by atoms with Crippen molar-refractivity contribution in [1.82, 2.24) is 10.7 Å². The highest BCUT2D eigenvalue weighted by molar-refractivity contribution is 6.35. The van der Waals surface area contributed by atoms with Gasteiger partial charge in [0, 0.05) is 11.6 Å². The van der Waals surface area contributed by atoms with Gasteiger partial charge in [-0.1, -0.05) is 19.1 Å². The van der Waals surface area contributed by atoms with Gasteiger partial charge in [-0.05, 0) is 25.5 Å². The lowest BCUT2D eigenvalue weighted by Gasteiger charge is -2.09. The van der Waals surface area contributed by atoms with E-state index < -0.39 is 24.4 Å². The van der Waals surface area contributed by atoms with Gasteiger partial charge in [-0.3, -0.25) is 9.59 Å². The van der Waals surface area contributed by atoms with E-state index in [4.69, 9.17) is 9.84 Å². The van der Waals surface area contributed by atoms with Crippen LogP contribution in [0, 0.1) is 0 Å². The number of carboxylic acids is 1. The Morgan fingerprint density at radius 2 is 2.00 bits per heavy atom. The summed E-state index contributed by atoms with van der Waals surface area (Å²) in [5.41, 5.74) is 2.57. The molecule has 8 heteroatoms. The van der Waals surface area contributed by atoms with Crippen LogP contribution in [0.5, 0.6) is 5.75 Å². The van der Waals surface area contributed by atoms with Crippen LogP contribution in [0.15, 0.2) is 29.4 Å². The molecule has 3 N–H and O–H groups in total. The molecular weight excluding hydrogens is 302 g/mol. The Hall–Kier alpha value is -2.90. The number of hydrogen-bond donors (Lipinski definition) is 3. The molecule has 8 nitrogen and oxygen atoms in total. The van der Waals surface area contributed by atoms with Crippen molar-refractivity contribution in [2.24, 2.45) is 5.10 Å². The predicted molar refractivity (Wildman–Crippen MR) is 83.2 cm³/mol. The number of hydrogen-bond acceptors (Lipinski definition) is 5. The minimum atomic E-state index is -1.10. The lowest BCUT2D eigenvalue weighted by Crippen LogP contribution is -2.41. The third kappa shape index (κ3) is 6.60. The quantitative estimate of drug-likeness (QED) is 0.384. The number of nitrogens with zero attached hydrogens (tertiary/aromatic N) is 1. The van der Waals surface area contributed by atoms with Crippen molar-refractivity contribution in [2.75, 3.05) is 6.61 Å². The number of rotatable bonds is 7. The van der Waals surface area contributed by atoms with Crippen molar-refractivity contribution in [3.8, 4) is 5.75 Å². The lowest BCUT2D eigenvalue weighted by atomic mass is 10.2. The van der Waals surface area contributed by atoms with Gasteiger partial charge in [-0.15, -0.1) is 0 Å². The first-order valence-electron chi connectivity index (χ1n) is 7.01. The first-order valence-corrected chi connectivity index (χ1v) is 7.01. The Labute approximate surface area is 133 Å². The number of para-hydroxylation sites is 1. The normalized spacial score (nSPS) is 11.7. The highest BCUT2D eigenvalue weighted by atomic mass is 16.5. The fourth-order valence-electron chi connectivity index (χ4n) is 1.46. The van der Waals surface area contributed by atoms with Gasteiger partial charge in [0.15, 0.2) is 6.61 Å². The van der Waals surface area contributed by atoms with Gasteiger partial charge >= 0.3 is 17.8 Å². The molecular formula is C15H19N3O5. The van der Waals surface area contributed by atoms with Crippen LogP contribution in [-0.4, -0.2) is 41.8 Å². The molecule has 2 amide bonds. The van der Waals surface area contributed by atoms with Gasteiger partial charge in [0.2, 0.25) is 0 Å². The van der Waals surface area contributed by atoms with Crippen molar-refractivity contribution in [1.29, 1.82) is 0 Å². The molecule has 0 saturated heterocycles. The molecule has 0 radical (unpaired) electrons. The second-order valence-corrected chi connectivity index (χ2v) is 4.70. The molecule has 0 spiro atoms. The number of nitrogens with one attached hydrogen (secondary N) is 2. The highest BCUT2D eigenvalue weighted by Crippen LogP contribution is 2.15. The predicted octanol–water partition coefficient (Wildman–Crippen LogP) is 0.515. The van der Waals surface area contributed by atoms with Crippen LogP contribution in [0.2, 0.25) is 0 Å². The monoisotopic (exact) mass is 321 g/mol. The smallest absolute Gasteiger partial charge is 0.341 e. The summed E-state index contributed by atoms with van der Waals surface area (Å²) in [5.74, 6) is -2.46. The topological polar surface area (TPSA) is 117 Å². The Bertz CT molecular complexity index is 601. The van der Waals surface area contributed by atoms with Gasteiger partial charge in [-0.2, -0.15) is 5.10 Å². The van der Waals surface area contributed by atoms with Crippen LogP contribution in [0.4, 0.5) is 0 Å². The Balaban J connectivity index is 2.62. The van der Waals surface area contributed by atoms with E-state index in [1.807, 2.05) is 6.92 Å². The second kappa shape index (κ2) is 9.19. The average molecular weight is 321 g/mol. The van der Waals surface area contributed by atoms with Gasteiger partial charge in [0.1, 0.15) is 5.75 Å². The Morgan fingerprint density at radius 1 is 1.30 bits per heavy atom. The molecule has 1 atom stereocenters. The molecule has 124 valence electrons. The number of amides is 2. The molecule has 0 heterocycles. The number of ether oxygens (including phenoxy) is 1. The van der Waals surface area contributed by atoms with Gasteiger partial charge in [0.25, 0.3) is 0 Å². The maximum atomic E-state index is 11.5. The van der Waals surface area contributed by atoms with Crippen LogP contribution < -0.4 is 15.5 Å². The van der Waals surface area contributed by atoms with Gasteiger partial charge in [0.05, 0.1) is 6.21 Å². The zero-order valence-electron chi connectivity index (χ0n) is 12.9. The van der Waals surface area contributed by atoms with Gasteiger partial charge < -0.3 is 15.2 Å². The summed E-state index contributed by atoms with van der Waals surface area (Å²) in [6.07, 6.45) is 1.97. The molecule has 0 saturated carbocycles. The van der Waals surface area contributed by atoms with E-state index in [9.17, 15) is 14.4 Å². The molecule has 0 unspecified atom stereocenters. The van der Waals surface area contributed by atoms with Crippen LogP contribution in [0.25, 0.3) is 0 Å². The Kier molecular flexibility index (Phi) is 7.25. The van der Waals surface area contributed by atoms with E-state index in [0.717, 1.165) is 0 Å². The minimum absolute atomic E-state index is 0.109. The molecule has 0 aromatic heterocycles. The molecule has 1 aromatic rings. The number of hydrazone groups is 1. The molecule has 1 rings (SSSR count). The lowest BCUT2D eigenvalue weighted by molar-refractivity contribution is -0.139. The van der Waals surface area contributed by atoms with Crippen molar-refractivity contribution in [3.05, 3.63) is 29.8 Å². The summed E-state index contributed by atoms with van der Waals surface area (Å²) in [7, 11) is 0. The first-order chi connectivity index (χ1) is 10.9. The fraction of sp³-hybridized carbons (Fsp3) is 0.333. The van der Waals surface area contributed by atoms with Crippen molar-refractivity contribution < 1.29 is 24.2 Å². The summed E-state index contributed by atoms with van der Waals surface area (Å²) < 4.78 is 5.09. The highest BCUT2D eigenvalue weighted by Gasteiger charge is 2.14. The second-order valence-electron chi connectivity index (χ2n) is 4.70. The molecule has 1 aromatic carbocycles. The largest absolute Gasteiger partial charge is 0.481 e. The average Bonchev–Trinajstić information content (AvgIpc) is 2.53. The van der Waals surface area contributed by atoms with Gasteiger partial charge in [-0.25, -0.2) is 10.2 Å². The van der Waals surface area contributed by atoms with E-state index in [2.05, 4.69) is 15.8 Å². The summed E-state index contributed by atoms with van der Waals surface area (Å²) in [5, 5.41) is 14.8. The molecule has 0 bridgehead atoms. The fourth-order valence-corrected chi connectivity index (χ4v) is 1.46. The molecule has 0 aliphatic heterocycles. The number of benzene rings is 1. The molecule has 0 fully saturated rings.